The Hall–Kier alpha value is -2.66. The number of nitrogens with zero attached hydrogens (tertiary/aromatic N) is 3. The molecular weight excluding hydrogens is 447 g/mol. The Bertz CT molecular complexity index is 1120. The SMILES string of the molecule is CC1CN(c2ccc(C(F)(F)F)cn2)CCN1S(=O)(=O)C1c2ccccc2C[C@H]1C(=O)O. The van der Waals surface area contributed by atoms with Crippen molar-refractivity contribution in [2.75, 3.05) is 24.5 Å². The van der Waals surface area contributed by atoms with E-state index in [4.69, 9.17) is 0 Å². The number of piperazine rings is 1. The number of aromatic nitrogens is 1. The molecule has 2 heterocycles. The number of carboxylic acids is 1. The summed E-state index contributed by atoms with van der Waals surface area (Å²) in [5.74, 6) is -1.90. The summed E-state index contributed by atoms with van der Waals surface area (Å²) in [5.41, 5.74) is 0.378. The summed E-state index contributed by atoms with van der Waals surface area (Å²) in [6.45, 7) is 2.24. The number of alkyl halides is 3. The number of carboxylic acid groups (broad SMARTS) is 1. The molecular formula is C21H22F3N3O4S. The second-order valence-electron chi connectivity index (χ2n) is 8.12. The molecule has 0 spiro atoms. The first-order valence-corrected chi connectivity index (χ1v) is 11.6. The zero-order valence-corrected chi connectivity index (χ0v) is 18.0. The number of hydrogen-bond acceptors (Lipinski definition) is 5. The van der Waals surface area contributed by atoms with Crippen molar-refractivity contribution in [3.05, 3.63) is 59.3 Å². The van der Waals surface area contributed by atoms with E-state index in [1.807, 2.05) is 0 Å². The third-order valence-electron chi connectivity index (χ3n) is 6.10. The molecule has 1 saturated heterocycles. The molecule has 0 radical (unpaired) electrons. The van der Waals surface area contributed by atoms with Gasteiger partial charge in [-0.2, -0.15) is 17.5 Å². The number of aliphatic carboxylic acids is 1. The Labute approximate surface area is 183 Å². The molecule has 1 aliphatic heterocycles. The number of pyridine rings is 1. The predicted octanol–water partition coefficient (Wildman–Crippen LogP) is 2.94. The van der Waals surface area contributed by atoms with Crippen LogP contribution in [0.15, 0.2) is 42.6 Å². The molecule has 2 unspecified atom stereocenters. The van der Waals surface area contributed by atoms with Gasteiger partial charge in [-0.1, -0.05) is 24.3 Å². The summed E-state index contributed by atoms with van der Waals surface area (Å²) in [6.07, 6.45) is -3.57. The average molecular weight is 469 g/mol. The van der Waals surface area contributed by atoms with E-state index < -0.39 is 44.9 Å². The second-order valence-corrected chi connectivity index (χ2v) is 10.1. The van der Waals surface area contributed by atoms with Crippen molar-refractivity contribution in [2.45, 2.75) is 30.8 Å². The third-order valence-corrected chi connectivity index (χ3v) is 8.52. The molecule has 1 fully saturated rings. The van der Waals surface area contributed by atoms with Gasteiger partial charge in [0.1, 0.15) is 11.1 Å². The van der Waals surface area contributed by atoms with Crippen LogP contribution in [0.3, 0.4) is 0 Å². The minimum Gasteiger partial charge on any atom is -0.481 e. The first-order valence-electron chi connectivity index (χ1n) is 10.1. The zero-order chi connectivity index (χ0) is 23.3. The zero-order valence-electron chi connectivity index (χ0n) is 17.2. The maximum absolute atomic E-state index is 13.6. The fourth-order valence-corrected chi connectivity index (χ4v) is 6.93. The first-order chi connectivity index (χ1) is 15.0. The molecule has 1 aromatic carbocycles. The van der Waals surface area contributed by atoms with E-state index in [2.05, 4.69) is 4.98 Å². The summed E-state index contributed by atoms with van der Waals surface area (Å²) < 4.78 is 66.8. The van der Waals surface area contributed by atoms with Crippen molar-refractivity contribution in [2.24, 2.45) is 5.92 Å². The fraction of sp³-hybridized carbons (Fsp3) is 0.429. The van der Waals surface area contributed by atoms with Crippen LogP contribution in [0.1, 0.15) is 28.9 Å². The monoisotopic (exact) mass is 469 g/mol. The van der Waals surface area contributed by atoms with Gasteiger partial charge in [0.05, 0.1) is 11.5 Å². The van der Waals surface area contributed by atoms with E-state index in [0.717, 1.165) is 12.3 Å². The van der Waals surface area contributed by atoms with Crippen LogP contribution in [0, 0.1) is 5.92 Å². The van der Waals surface area contributed by atoms with Crippen LogP contribution < -0.4 is 4.90 Å². The summed E-state index contributed by atoms with van der Waals surface area (Å²) in [4.78, 5) is 17.5. The van der Waals surface area contributed by atoms with Gasteiger partial charge in [-0.15, -0.1) is 0 Å². The van der Waals surface area contributed by atoms with Crippen molar-refractivity contribution in [1.82, 2.24) is 9.29 Å². The Morgan fingerprint density at radius 2 is 1.88 bits per heavy atom. The van der Waals surface area contributed by atoms with Crippen LogP contribution >= 0.6 is 0 Å². The minimum atomic E-state index is -4.48. The average Bonchev–Trinajstić information content (AvgIpc) is 3.14. The van der Waals surface area contributed by atoms with Gasteiger partial charge in [0.25, 0.3) is 0 Å². The number of rotatable bonds is 4. The molecule has 1 aliphatic carbocycles. The van der Waals surface area contributed by atoms with Crippen LogP contribution in [0.4, 0.5) is 19.0 Å². The minimum absolute atomic E-state index is 0.0806. The lowest BCUT2D eigenvalue weighted by atomic mass is 10.1. The van der Waals surface area contributed by atoms with Crippen molar-refractivity contribution in [1.29, 1.82) is 0 Å². The number of hydrogen-bond donors (Lipinski definition) is 1. The van der Waals surface area contributed by atoms with Crippen molar-refractivity contribution in [3.8, 4) is 0 Å². The third kappa shape index (κ3) is 3.95. The highest BCUT2D eigenvalue weighted by Crippen LogP contribution is 2.44. The number of fused-ring (bicyclic) bond motifs is 1. The second kappa shape index (κ2) is 8.04. The topological polar surface area (TPSA) is 90.8 Å². The van der Waals surface area contributed by atoms with Crippen LogP contribution in [0.2, 0.25) is 0 Å². The highest BCUT2D eigenvalue weighted by Gasteiger charge is 2.49. The summed E-state index contributed by atoms with van der Waals surface area (Å²) in [7, 11) is -3.99. The molecule has 2 aromatic rings. The summed E-state index contributed by atoms with van der Waals surface area (Å²) in [6, 6.07) is 8.57. The molecule has 11 heteroatoms. The maximum Gasteiger partial charge on any atom is 0.417 e. The lowest BCUT2D eigenvalue weighted by Crippen LogP contribution is -2.55. The number of benzene rings is 1. The number of carbonyl (C=O) groups is 1. The highest BCUT2D eigenvalue weighted by molar-refractivity contribution is 7.89. The van der Waals surface area contributed by atoms with Gasteiger partial charge in [-0.25, -0.2) is 13.4 Å². The van der Waals surface area contributed by atoms with Gasteiger partial charge in [0.2, 0.25) is 10.0 Å². The van der Waals surface area contributed by atoms with E-state index in [-0.39, 0.29) is 26.1 Å². The van der Waals surface area contributed by atoms with Gasteiger partial charge in [0.15, 0.2) is 0 Å². The van der Waals surface area contributed by atoms with Crippen molar-refractivity contribution in [3.63, 3.8) is 0 Å². The van der Waals surface area contributed by atoms with Crippen LogP contribution in [0.25, 0.3) is 0 Å². The predicted molar refractivity (Wildman–Crippen MR) is 111 cm³/mol. The van der Waals surface area contributed by atoms with Gasteiger partial charge in [-0.05, 0) is 36.6 Å². The Balaban J connectivity index is 1.56. The van der Waals surface area contributed by atoms with Crippen molar-refractivity contribution >= 4 is 21.8 Å². The Morgan fingerprint density at radius 1 is 1.16 bits per heavy atom. The smallest absolute Gasteiger partial charge is 0.417 e. The van der Waals surface area contributed by atoms with E-state index in [1.165, 1.54) is 10.4 Å². The lowest BCUT2D eigenvalue weighted by Gasteiger charge is -2.41. The molecule has 1 N–H and O–H groups in total. The number of halogens is 3. The Kier molecular flexibility index (Phi) is 5.66. The Morgan fingerprint density at radius 3 is 2.47 bits per heavy atom. The number of anilines is 1. The largest absolute Gasteiger partial charge is 0.481 e. The van der Waals surface area contributed by atoms with Crippen molar-refractivity contribution < 1.29 is 31.5 Å². The van der Waals surface area contributed by atoms with E-state index >= 15 is 0 Å². The number of sulfonamides is 1. The molecule has 2 aliphatic rings. The molecule has 7 nitrogen and oxygen atoms in total. The molecule has 0 bridgehead atoms. The quantitative estimate of drug-likeness (QED) is 0.741. The molecule has 172 valence electrons. The van der Waals surface area contributed by atoms with Crippen LogP contribution in [-0.2, 0) is 27.4 Å². The summed E-state index contributed by atoms with van der Waals surface area (Å²) >= 11 is 0. The molecule has 32 heavy (non-hydrogen) atoms. The fourth-order valence-electron chi connectivity index (χ4n) is 4.56. The van der Waals surface area contributed by atoms with Crippen LogP contribution in [0.5, 0.6) is 0 Å². The van der Waals surface area contributed by atoms with E-state index in [0.29, 0.717) is 16.9 Å². The van der Waals surface area contributed by atoms with Gasteiger partial charge in [-0.3, -0.25) is 4.79 Å². The van der Waals surface area contributed by atoms with Gasteiger partial charge in [0, 0.05) is 31.9 Å². The highest BCUT2D eigenvalue weighted by atomic mass is 32.2. The standard InChI is InChI=1S/C21H22F3N3O4S/c1-13-12-26(18-7-6-15(11-25-18)21(22,23)24)8-9-27(13)32(30,31)19-16-5-3-2-4-14(16)10-17(19)20(28)29/h2-7,11,13,17,19H,8-10,12H2,1H3,(H,28,29)/t13?,17-,19?/m1/s1. The van der Waals surface area contributed by atoms with E-state index in [9.17, 15) is 31.5 Å². The van der Waals surface area contributed by atoms with Gasteiger partial charge < -0.3 is 10.0 Å². The first kappa shape index (κ1) is 22.5. The summed E-state index contributed by atoms with van der Waals surface area (Å²) in [5, 5.41) is 8.50. The normalized spacial score (nSPS) is 24.4. The molecule has 4 rings (SSSR count). The lowest BCUT2D eigenvalue weighted by molar-refractivity contribution is -0.141. The van der Waals surface area contributed by atoms with Gasteiger partial charge >= 0.3 is 12.1 Å². The van der Waals surface area contributed by atoms with E-state index in [1.54, 1.807) is 36.1 Å². The molecule has 3 atom stereocenters. The van der Waals surface area contributed by atoms with Crippen LogP contribution in [-0.4, -0.2) is 54.5 Å². The maximum atomic E-state index is 13.6. The molecule has 1 aromatic heterocycles. The molecule has 0 amide bonds. The molecule has 0 saturated carbocycles.